The molecule has 0 bridgehead atoms. The van der Waals surface area contributed by atoms with Crippen LogP contribution in [-0.2, 0) is 12.7 Å². The highest BCUT2D eigenvalue weighted by Gasteiger charge is 2.30. The predicted octanol–water partition coefficient (Wildman–Crippen LogP) is 10.8. The van der Waals surface area contributed by atoms with Gasteiger partial charge in [-0.15, -0.1) is 0 Å². The molecule has 0 amide bonds. The minimum atomic E-state index is -4.41. The third kappa shape index (κ3) is 12.4. The summed E-state index contributed by atoms with van der Waals surface area (Å²) >= 11 is 6.10. The van der Waals surface area contributed by atoms with Gasteiger partial charge < -0.3 is 10.1 Å². The van der Waals surface area contributed by atoms with E-state index in [9.17, 15) is 13.2 Å². The number of hydrogen-bond donors (Lipinski definition) is 1. The van der Waals surface area contributed by atoms with E-state index < -0.39 is 11.7 Å². The van der Waals surface area contributed by atoms with Crippen molar-refractivity contribution in [2.24, 2.45) is 0 Å². The molecule has 0 heterocycles. The van der Waals surface area contributed by atoms with Crippen LogP contribution in [0, 0.1) is 0 Å². The van der Waals surface area contributed by atoms with Gasteiger partial charge in [-0.1, -0.05) is 120 Å². The summed E-state index contributed by atoms with van der Waals surface area (Å²) in [5.41, 5.74) is 0.418. The van der Waals surface area contributed by atoms with Crippen LogP contribution in [-0.4, -0.2) is 6.61 Å². The number of benzene rings is 2. The molecule has 0 fully saturated rings. The fourth-order valence-corrected chi connectivity index (χ4v) is 4.48. The zero-order valence-electron chi connectivity index (χ0n) is 21.8. The normalized spacial score (nSPS) is 11.6. The quantitative estimate of drug-likeness (QED) is 0.184. The number of halogens is 4. The second kappa shape index (κ2) is 17.6. The van der Waals surface area contributed by atoms with E-state index in [0.717, 1.165) is 36.3 Å². The summed E-state index contributed by atoms with van der Waals surface area (Å²) in [5, 5.41) is 3.28. The molecule has 0 saturated heterocycles. The summed E-state index contributed by atoms with van der Waals surface area (Å²) in [6, 6.07) is 10.9. The molecule has 2 rings (SSSR count). The number of ether oxygens (including phenoxy) is 1. The maximum Gasteiger partial charge on any atom is 0.416 e. The van der Waals surface area contributed by atoms with Gasteiger partial charge in [0.15, 0.2) is 0 Å². The second-order valence-electron chi connectivity index (χ2n) is 9.60. The SMILES string of the molecule is CCCCCCCCCCCCCCCCOc1ccccc1CNc1cc(C(F)(F)F)ccc1Cl. The van der Waals surface area contributed by atoms with Crippen LogP contribution in [0.1, 0.15) is 108 Å². The van der Waals surface area contributed by atoms with Crippen molar-refractivity contribution < 1.29 is 17.9 Å². The van der Waals surface area contributed by atoms with Crippen molar-refractivity contribution in [1.29, 1.82) is 0 Å². The van der Waals surface area contributed by atoms with Crippen molar-refractivity contribution >= 4 is 17.3 Å². The average Bonchev–Trinajstić information content (AvgIpc) is 2.85. The fraction of sp³-hybridized carbons (Fsp3) is 0.600. The van der Waals surface area contributed by atoms with Crippen molar-refractivity contribution in [1.82, 2.24) is 0 Å². The number of anilines is 1. The number of unbranched alkanes of at least 4 members (excludes halogenated alkanes) is 13. The first-order chi connectivity index (χ1) is 17.4. The zero-order valence-corrected chi connectivity index (χ0v) is 22.5. The van der Waals surface area contributed by atoms with Crippen LogP contribution in [0.25, 0.3) is 0 Å². The molecular weight excluding hydrogens is 483 g/mol. The first-order valence-electron chi connectivity index (χ1n) is 13.7. The minimum absolute atomic E-state index is 0.254. The Morgan fingerprint density at radius 2 is 1.31 bits per heavy atom. The maximum atomic E-state index is 13.0. The number of rotatable bonds is 19. The van der Waals surface area contributed by atoms with Crippen molar-refractivity contribution in [3.63, 3.8) is 0 Å². The van der Waals surface area contributed by atoms with E-state index >= 15 is 0 Å². The molecule has 0 unspecified atom stereocenters. The van der Waals surface area contributed by atoms with Crippen LogP contribution >= 0.6 is 11.6 Å². The lowest BCUT2D eigenvalue weighted by Gasteiger charge is -2.15. The van der Waals surface area contributed by atoms with Crippen molar-refractivity contribution in [3.8, 4) is 5.75 Å². The molecule has 2 aromatic carbocycles. The van der Waals surface area contributed by atoms with Crippen molar-refractivity contribution in [2.45, 2.75) is 110 Å². The number of nitrogens with one attached hydrogen (secondary N) is 1. The Labute approximate surface area is 221 Å². The Morgan fingerprint density at radius 1 is 0.750 bits per heavy atom. The Balaban J connectivity index is 1.59. The largest absolute Gasteiger partial charge is 0.493 e. The lowest BCUT2D eigenvalue weighted by molar-refractivity contribution is -0.137. The Bertz CT molecular complexity index is 856. The molecule has 0 spiro atoms. The van der Waals surface area contributed by atoms with E-state index in [1.54, 1.807) is 0 Å². The van der Waals surface area contributed by atoms with E-state index in [1.165, 1.54) is 83.1 Å². The minimum Gasteiger partial charge on any atom is -0.493 e. The molecule has 202 valence electrons. The third-order valence-electron chi connectivity index (χ3n) is 6.49. The smallest absolute Gasteiger partial charge is 0.416 e. The molecule has 6 heteroatoms. The molecule has 0 saturated carbocycles. The first-order valence-corrected chi connectivity index (χ1v) is 14.1. The standard InChI is InChI=1S/C30H43ClF3NO/c1-2-3-4-5-6-7-8-9-10-11-12-13-14-17-22-36-29-19-16-15-18-25(29)24-35-28-23-26(30(32,33)34)20-21-27(28)31/h15-16,18-21,23,35H,2-14,17,22,24H2,1H3. The third-order valence-corrected chi connectivity index (χ3v) is 6.82. The Kier molecular flexibility index (Phi) is 14.8. The monoisotopic (exact) mass is 525 g/mol. The number of para-hydroxylation sites is 1. The molecule has 0 aliphatic rings. The van der Waals surface area contributed by atoms with Crippen molar-refractivity contribution in [2.75, 3.05) is 11.9 Å². The van der Waals surface area contributed by atoms with Gasteiger partial charge in [-0.05, 0) is 30.7 Å². The van der Waals surface area contributed by atoms with E-state index in [1.807, 2.05) is 24.3 Å². The number of alkyl halides is 3. The topological polar surface area (TPSA) is 21.3 Å². The predicted molar refractivity (Wildman–Crippen MR) is 146 cm³/mol. The highest BCUT2D eigenvalue weighted by atomic mass is 35.5. The molecule has 0 aliphatic heterocycles. The summed E-state index contributed by atoms with van der Waals surface area (Å²) in [6.07, 6.45) is 14.0. The van der Waals surface area contributed by atoms with Crippen molar-refractivity contribution in [3.05, 3.63) is 58.6 Å². The van der Waals surface area contributed by atoms with Crippen LogP contribution in [0.15, 0.2) is 42.5 Å². The molecule has 0 aliphatic carbocycles. The molecule has 2 nitrogen and oxygen atoms in total. The lowest BCUT2D eigenvalue weighted by Crippen LogP contribution is -2.08. The molecule has 2 aromatic rings. The van der Waals surface area contributed by atoms with Gasteiger partial charge in [0, 0.05) is 12.1 Å². The van der Waals surface area contributed by atoms with Gasteiger partial charge in [0.05, 0.1) is 22.9 Å². The van der Waals surface area contributed by atoms with Gasteiger partial charge in [-0.25, -0.2) is 0 Å². The van der Waals surface area contributed by atoms with Gasteiger partial charge in [-0.2, -0.15) is 13.2 Å². The van der Waals surface area contributed by atoms with E-state index in [0.29, 0.717) is 13.2 Å². The summed E-state index contributed by atoms with van der Waals surface area (Å²) in [5.74, 6) is 0.753. The molecule has 0 radical (unpaired) electrons. The van der Waals surface area contributed by atoms with E-state index in [2.05, 4.69) is 12.2 Å². The molecule has 0 aromatic heterocycles. The van der Waals surface area contributed by atoms with Gasteiger partial charge in [-0.3, -0.25) is 0 Å². The van der Waals surface area contributed by atoms with E-state index in [4.69, 9.17) is 16.3 Å². The van der Waals surface area contributed by atoms with Crippen LogP contribution < -0.4 is 10.1 Å². The Morgan fingerprint density at radius 3 is 1.89 bits per heavy atom. The number of hydrogen-bond acceptors (Lipinski definition) is 2. The molecule has 1 N–H and O–H groups in total. The van der Waals surface area contributed by atoms with Crippen LogP contribution in [0.5, 0.6) is 5.75 Å². The summed E-state index contributed by atoms with van der Waals surface area (Å²) < 4.78 is 45.0. The highest BCUT2D eigenvalue weighted by molar-refractivity contribution is 6.33. The van der Waals surface area contributed by atoms with Crippen LogP contribution in [0.2, 0.25) is 5.02 Å². The summed E-state index contributed by atoms with van der Waals surface area (Å²) in [7, 11) is 0. The van der Waals surface area contributed by atoms with Gasteiger partial charge in [0.1, 0.15) is 5.75 Å². The van der Waals surface area contributed by atoms with Gasteiger partial charge in [0.25, 0.3) is 0 Å². The van der Waals surface area contributed by atoms with Gasteiger partial charge in [0.2, 0.25) is 0 Å². The first kappa shape index (κ1) is 30.3. The highest BCUT2D eigenvalue weighted by Crippen LogP contribution is 2.34. The van der Waals surface area contributed by atoms with Crippen LogP contribution in [0.3, 0.4) is 0 Å². The zero-order chi connectivity index (χ0) is 26.1. The molecule has 0 atom stereocenters. The summed E-state index contributed by atoms with van der Waals surface area (Å²) in [6.45, 7) is 3.23. The maximum absolute atomic E-state index is 13.0. The second-order valence-corrected chi connectivity index (χ2v) is 10.0. The fourth-order valence-electron chi connectivity index (χ4n) is 4.30. The van der Waals surface area contributed by atoms with Crippen LogP contribution in [0.4, 0.5) is 18.9 Å². The lowest BCUT2D eigenvalue weighted by atomic mass is 10.0. The van der Waals surface area contributed by atoms with Gasteiger partial charge >= 0.3 is 6.18 Å². The molecular formula is C30H43ClF3NO. The summed E-state index contributed by atoms with van der Waals surface area (Å²) in [4.78, 5) is 0. The average molecular weight is 526 g/mol. The Hall–Kier alpha value is -1.88. The van der Waals surface area contributed by atoms with E-state index in [-0.39, 0.29) is 10.7 Å². The molecule has 36 heavy (non-hydrogen) atoms.